The molecule has 1 spiro atoms. The van der Waals surface area contributed by atoms with Crippen LogP contribution in [0.1, 0.15) is 51.4 Å². The summed E-state index contributed by atoms with van der Waals surface area (Å²) in [6.45, 7) is 3.90. The highest BCUT2D eigenvalue weighted by Gasteiger charge is 2.40. The van der Waals surface area contributed by atoms with Gasteiger partial charge in [0.2, 0.25) is 15.9 Å². The third kappa shape index (κ3) is 4.93. The van der Waals surface area contributed by atoms with Crippen molar-refractivity contribution in [1.82, 2.24) is 9.21 Å². The number of piperidine rings is 2. The number of carbonyl (C=O) groups is 1. The van der Waals surface area contributed by atoms with Crippen LogP contribution in [-0.2, 0) is 24.3 Å². The number of amides is 1. The number of likely N-dealkylation sites (tertiary alicyclic amines) is 1. The minimum atomic E-state index is -3.15. The van der Waals surface area contributed by atoms with E-state index in [2.05, 4.69) is 0 Å². The minimum absolute atomic E-state index is 0.114. The van der Waals surface area contributed by atoms with Crippen LogP contribution in [0.4, 0.5) is 0 Å². The van der Waals surface area contributed by atoms with E-state index in [0.29, 0.717) is 58.7 Å². The number of ether oxygens (including phenoxy) is 2. The zero-order chi connectivity index (χ0) is 17.8. The van der Waals surface area contributed by atoms with E-state index < -0.39 is 15.8 Å². The van der Waals surface area contributed by atoms with E-state index in [9.17, 15) is 13.2 Å². The van der Waals surface area contributed by atoms with E-state index in [-0.39, 0.29) is 11.7 Å². The lowest BCUT2D eigenvalue weighted by Gasteiger charge is -2.37. The van der Waals surface area contributed by atoms with E-state index in [1.807, 2.05) is 4.90 Å². The molecule has 0 atom stereocenters. The Kier molecular flexibility index (Phi) is 6.35. The summed E-state index contributed by atoms with van der Waals surface area (Å²) in [5.74, 6) is -0.187. The number of nitrogens with zero attached hydrogens (tertiary/aromatic N) is 2. The molecule has 0 unspecified atom stereocenters. The van der Waals surface area contributed by atoms with Gasteiger partial charge in [-0.05, 0) is 25.7 Å². The lowest BCUT2D eigenvalue weighted by atomic mass is 10.0. The molecule has 0 radical (unpaired) electrons. The summed E-state index contributed by atoms with van der Waals surface area (Å²) in [6, 6.07) is 0. The van der Waals surface area contributed by atoms with Crippen molar-refractivity contribution >= 4 is 15.9 Å². The molecule has 8 heteroatoms. The van der Waals surface area contributed by atoms with E-state index in [4.69, 9.17) is 9.47 Å². The highest BCUT2D eigenvalue weighted by molar-refractivity contribution is 7.89. The molecule has 0 aromatic carbocycles. The lowest BCUT2D eigenvalue weighted by molar-refractivity contribution is -0.187. The van der Waals surface area contributed by atoms with Crippen molar-refractivity contribution in [2.24, 2.45) is 0 Å². The average Bonchev–Trinajstić information content (AvgIpc) is 3.08. The molecule has 3 aliphatic rings. The fourth-order valence-electron chi connectivity index (χ4n) is 3.87. The second-order valence-electron chi connectivity index (χ2n) is 7.22. The average molecular weight is 375 g/mol. The molecule has 0 bridgehead atoms. The van der Waals surface area contributed by atoms with Gasteiger partial charge in [-0.25, -0.2) is 12.7 Å². The zero-order valence-electron chi connectivity index (χ0n) is 15.0. The predicted octanol–water partition coefficient (Wildman–Crippen LogP) is 1.34. The molecule has 3 saturated heterocycles. The molecule has 7 nitrogen and oxygen atoms in total. The number of sulfonamides is 1. The molecule has 1 amide bonds. The van der Waals surface area contributed by atoms with Gasteiger partial charge in [0, 0.05) is 45.4 Å². The highest BCUT2D eigenvalue weighted by Crippen LogP contribution is 2.31. The van der Waals surface area contributed by atoms with Crippen molar-refractivity contribution in [2.45, 2.75) is 57.2 Å². The van der Waals surface area contributed by atoms with Gasteiger partial charge >= 0.3 is 0 Å². The van der Waals surface area contributed by atoms with Crippen molar-refractivity contribution in [3.63, 3.8) is 0 Å². The summed E-state index contributed by atoms with van der Waals surface area (Å²) >= 11 is 0. The monoisotopic (exact) mass is 374 g/mol. The Morgan fingerprint density at radius 2 is 1.56 bits per heavy atom. The van der Waals surface area contributed by atoms with Crippen molar-refractivity contribution in [1.29, 1.82) is 0 Å². The van der Waals surface area contributed by atoms with Crippen LogP contribution < -0.4 is 0 Å². The van der Waals surface area contributed by atoms with Gasteiger partial charge in [0.25, 0.3) is 0 Å². The summed E-state index contributed by atoms with van der Waals surface area (Å²) in [4.78, 5) is 14.2. The third-order valence-corrected chi connectivity index (χ3v) is 7.40. The van der Waals surface area contributed by atoms with E-state index in [0.717, 1.165) is 32.1 Å². The highest BCUT2D eigenvalue weighted by atomic mass is 32.2. The molecule has 3 heterocycles. The van der Waals surface area contributed by atoms with Gasteiger partial charge in [-0.3, -0.25) is 4.79 Å². The number of hydrogen-bond acceptors (Lipinski definition) is 5. The summed E-state index contributed by atoms with van der Waals surface area (Å²) in [6.07, 6.45) is 6.08. The first-order chi connectivity index (χ1) is 12.0. The van der Waals surface area contributed by atoms with E-state index >= 15 is 0 Å². The molecule has 0 saturated carbocycles. The van der Waals surface area contributed by atoms with Crippen LogP contribution >= 0.6 is 0 Å². The Hall–Kier alpha value is -0.700. The molecule has 3 rings (SSSR count). The Bertz CT molecular complexity index is 543. The number of rotatable bonds is 6. The normalized spacial score (nSPS) is 24.7. The second kappa shape index (κ2) is 8.33. The molecule has 144 valence electrons. The maximum absolute atomic E-state index is 12.3. The quantitative estimate of drug-likeness (QED) is 0.656. The fourth-order valence-corrected chi connectivity index (χ4v) is 5.52. The van der Waals surface area contributed by atoms with Crippen molar-refractivity contribution in [2.75, 3.05) is 45.1 Å². The van der Waals surface area contributed by atoms with Gasteiger partial charge in [0.15, 0.2) is 5.79 Å². The molecule has 3 fully saturated rings. The first kappa shape index (κ1) is 19.1. The Morgan fingerprint density at radius 3 is 2.20 bits per heavy atom. The second-order valence-corrected chi connectivity index (χ2v) is 9.31. The van der Waals surface area contributed by atoms with Gasteiger partial charge in [-0.2, -0.15) is 0 Å². The number of unbranched alkanes of at least 4 members (excludes halogenated alkanes) is 1. The molecule has 0 aliphatic carbocycles. The smallest absolute Gasteiger partial charge is 0.222 e. The maximum atomic E-state index is 12.3. The van der Waals surface area contributed by atoms with Crippen LogP contribution in [0.15, 0.2) is 0 Å². The van der Waals surface area contributed by atoms with E-state index in [1.54, 1.807) is 4.31 Å². The standard InChI is InChI=1S/C17H30N2O5S/c20-16(18-11-7-17(8-12-18)23-13-14-24-17)6-2-5-15-25(21,22)19-9-3-1-4-10-19/h1-15H2. The first-order valence-corrected chi connectivity index (χ1v) is 11.2. The van der Waals surface area contributed by atoms with Crippen LogP contribution in [0.3, 0.4) is 0 Å². The van der Waals surface area contributed by atoms with Crippen molar-refractivity contribution < 1.29 is 22.7 Å². The van der Waals surface area contributed by atoms with Crippen LogP contribution in [-0.4, -0.2) is 74.5 Å². The Morgan fingerprint density at radius 1 is 0.920 bits per heavy atom. The first-order valence-electron chi connectivity index (χ1n) is 9.54. The van der Waals surface area contributed by atoms with Gasteiger partial charge in [0.05, 0.1) is 19.0 Å². The lowest BCUT2D eigenvalue weighted by Crippen LogP contribution is -2.47. The van der Waals surface area contributed by atoms with Gasteiger partial charge in [-0.15, -0.1) is 0 Å². The summed E-state index contributed by atoms with van der Waals surface area (Å²) in [5.41, 5.74) is 0. The van der Waals surface area contributed by atoms with Gasteiger partial charge < -0.3 is 14.4 Å². The Balaban J connectivity index is 1.34. The number of hydrogen-bond donors (Lipinski definition) is 0. The Labute approximate surface area is 150 Å². The van der Waals surface area contributed by atoms with Crippen molar-refractivity contribution in [3.05, 3.63) is 0 Å². The third-order valence-electron chi connectivity index (χ3n) is 5.44. The summed E-state index contributed by atoms with van der Waals surface area (Å²) in [7, 11) is -3.15. The van der Waals surface area contributed by atoms with E-state index in [1.165, 1.54) is 0 Å². The fraction of sp³-hybridized carbons (Fsp3) is 0.941. The molecular weight excluding hydrogens is 344 g/mol. The SMILES string of the molecule is O=C(CCCCS(=O)(=O)N1CCCCC1)N1CCC2(CC1)OCCO2. The van der Waals surface area contributed by atoms with Gasteiger partial charge in [0.1, 0.15) is 0 Å². The van der Waals surface area contributed by atoms with Crippen LogP contribution in [0, 0.1) is 0 Å². The van der Waals surface area contributed by atoms with Crippen molar-refractivity contribution in [3.8, 4) is 0 Å². The largest absolute Gasteiger partial charge is 0.347 e. The van der Waals surface area contributed by atoms with Crippen LogP contribution in [0.2, 0.25) is 0 Å². The minimum Gasteiger partial charge on any atom is -0.347 e. The molecule has 25 heavy (non-hydrogen) atoms. The summed E-state index contributed by atoms with van der Waals surface area (Å²) in [5, 5.41) is 0. The topological polar surface area (TPSA) is 76.2 Å². The van der Waals surface area contributed by atoms with Crippen LogP contribution in [0.5, 0.6) is 0 Å². The van der Waals surface area contributed by atoms with Gasteiger partial charge in [-0.1, -0.05) is 6.42 Å². The number of carbonyl (C=O) groups excluding carboxylic acids is 1. The molecule has 3 aliphatic heterocycles. The molecule has 0 N–H and O–H groups in total. The molecule has 0 aromatic rings. The molecular formula is C17H30N2O5S. The predicted molar refractivity (Wildman–Crippen MR) is 93.5 cm³/mol. The van der Waals surface area contributed by atoms with Crippen LogP contribution in [0.25, 0.3) is 0 Å². The summed E-state index contributed by atoms with van der Waals surface area (Å²) < 4.78 is 37.5. The maximum Gasteiger partial charge on any atom is 0.222 e. The zero-order valence-corrected chi connectivity index (χ0v) is 15.8. The molecule has 0 aromatic heterocycles.